The lowest BCUT2D eigenvalue weighted by molar-refractivity contribution is 0.161. The van der Waals surface area contributed by atoms with Gasteiger partial charge in [-0.25, -0.2) is 0 Å². The summed E-state index contributed by atoms with van der Waals surface area (Å²) >= 11 is 3.44. The van der Waals surface area contributed by atoms with Crippen LogP contribution >= 0.6 is 15.9 Å². The normalized spacial score (nSPS) is 12.5. The Morgan fingerprint density at radius 2 is 2.29 bits per heavy atom. The Morgan fingerprint density at radius 1 is 1.43 bits per heavy atom. The minimum absolute atomic E-state index is 0.186. The van der Waals surface area contributed by atoms with Gasteiger partial charge in [-0.05, 0) is 25.1 Å². The molecule has 0 amide bonds. The standard InChI is InChI=1S/C15H20BrN3O2/c1-3-7-17-13(10-20-2)9-14-18-15(19-21-14)11-5-4-6-12(16)8-11/h4-6,8,13,17H,3,7,9-10H2,1-2H3. The number of hydrogen-bond acceptors (Lipinski definition) is 5. The minimum Gasteiger partial charge on any atom is -0.383 e. The van der Waals surface area contributed by atoms with Crippen molar-refractivity contribution in [2.75, 3.05) is 20.3 Å². The molecule has 1 aromatic carbocycles. The third-order valence-corrected chi connectivity index (χ3v) is 3.52. The molecule has 0 fully saturated rings. The van der Waals surface area contributed by atoms with Gasteiger partial charge in [0.15, 0.2) is 0 Å². The zero-order chi connectivity index (χ0) is 15.1. The van der Waals surface area contributed by atoms with Crippen LogP contribution in [0.5, 0.6) is 0 Å². The quantitative estimate of drug-likeness (QED) is 0.790. The molecule has 0 aliphatic heterocycles. The Morgan fingerprint density at radius 3 is 3.00 bits per heavy atom. The second kappa shape index (κ2) is 8.26. The Kier molecular flexibility index (Phi) is 6.35. The maximum Gasteiger partial charge on any atom is 0.228 e. The Hall–Kier alpha value is -1.24. The van der Waals surface area contributed by atoms with Gasteiger partial charge in [-0.1, -0.05) is 40.1 Å². The highest BCUT2D eigenvalue weighted by atomic mass is 79.9. The van der Waals surface area contributed by atoms with Gasteiger partial charge >= 0.3 is 0 Å². The van der Waals surface area contributed by atoms with E-state index < -0.39 is 0 Å². The van der Waals surface area contributed by atoms with Crippen LogP contribution in [0.15, 0.2) is 33.3 Å². The average molecular weight is 354 g/mol. The van der Waals surface area contributed by atoms with Crippen LogP contribution in [0.4, 0.5) is 0 Å². The zero-order valence-electron chi connectivity index (χ0n) is 12.3. The van der Waals surface area contributed by atoms with Crippen molar-refractivity contribution in [1.82, 2.24) is 15.5 Å². The summed E-state index contributed by atoms with van der Waals surface area (Å²) in [5, 5.41) is 7.46. The van der Waals surface area contributed by atoms with E-state index in [0.29, 0.717) is 24.7 Å². The molecule has 114 valence electrons. The molecule has 0 saturated heterocycles. The van der Waals surface area contributed by atoms with Gasteiger partial charge in [-0.15, -0.1) is 0 Å². The van der Waals surface area contributed by atoms with Crippen molar-refractivity contribution in [3.8, 4) is 11.4 Å². The molecule has 21 heavy (non-hydrogen) atoms. The SMILES string of the molecule is CCCNC(COC)Cc1nc(-c2cccc(Br)c2)no1. The summed E-state index contributed by atoms with van der Waals surface area (Å²) < 4.78 is 11.6. The maximum atomic E-state index is 5.34. The van der Waals surface area contributed by atoms with Gasteiger partial charge in [0.1, 0.15) is 0 Å². The highest BCUT2D eigenvalue weighted by Gasteiger charge is 2.15. The predicted octanol–water partition coefficient (Wildman–Crippen LogP) is 3.06. The molecule has 0 aliphatic rings. The zero-order valence-corrected chi connectivity index (χ0v) is 13.9. The van der Waals surface area contributed by atoms with Crippen LogP contribution in [0.3, 0.4) is 0 Å². The first-order chi connectivity index (χ1) is 10.2. The van der Waals surface area contributed by atoms with E-state index in [1.54, 1.807) is 7.11 Å². The Balaban J connectivity index is 2.04. The molecule has 1 heterocycles. The number of benzene rings is 1. The third kappa shape index (κ3) is 4.91. The van der Waals surface area contributed by atoms with Gasteiger partial charge in [0.05, 0.1) is 6.61 Å². The first kappa shape index (κ1) is 16.1. The smallest absolute Gasteiger partial charge is 0.228 e. The van der Waals surface area contributed by atoms with Crippen molar-refractivity contribution in [2.45, 2.75) is 25.8 Å². The number of halogens is 1. The molecule has 1 atom stereocenters. The highest BCUT2D eigenvalue weighted by Crippen LogP contribution is 2.20. The van der Waals surface area contributed by atoms with Gasteiger partial charge in [0.2, 0.25) is 11.7 Å². The van der Waals surface area contributed by atoms with Gasteiger partial charge in [0, 0.05) is 29.6 Å². The second-order valence-electron chi connectivity index (χ2n) is 4.83. The van der Waals surface area contributed by atoms with Crippen LogP contribution in [-0.4, -0.2) is 36.4 Å². The maximum absolute atomic E-state index is 5.34. The van der Waals surface area contributed by atoms with Crippen molar-refractivity contribution in [1.29, 1.82) is 0 Å². The number of methoxy groups -OCH3 is 1. The molecule has 6 heteroatoms. The van der Waals surface area contributed by atoms with E-state index in [1.165, 1.54) is 0 Å². The van der Waals surface area contributed by atoms with E-state index in [9.17, 15) is 0 Å². The molecule has 1 unspecified atom stereocenters. The van der Waals surface area contributed by atoms with Crippen molar-refractivity contribution >= 4 is 15.9 Å². The van der Waals surface area contributed by atoms with Crippen LogP contribution < -0.4 is 5.32 Å². The van der Waals surface area contributed by atoms with Crippen LogP contribution in [0, 0.1) is 0 Å². The predicted molar refractivity (Wildman–Crippen MR) is 85.1 cm³/mol. The Labute approximate surface area is 133 Å². The molecular weight excluding hydrogens is 334 g/mol. The lowest BCUT2D eigenvalue weighted by atomic mass is 10.2. The van der Waals surface area contributed by atoms with Gasteiger partial charge < -0.3 is 14.6 Å². The molecule has 1 aromatic heterocycles. The number of nitrogens with one attached hydrogen (secondary N) is 1. The van der Waals surface area contributed by atoms with E-state index >= 15 is 0 Å². The fraction of sp³-hybridized carbons (Fsp3) is 0.467. The summed E-state index contributed by atoms with van der Waals surface area (Å²) in [6.07, 6.45) is 1.74. The molecule has 0 aliphatic carbocycles. The van der Waals surface area contributed by atoms with Gasteiger partial charge in [-0.3, -0.25) is 0 Å². The molecular formula is C15H20BrN3O2. The summed E-state index contributed by atoms with van der Waals surface area (Å²) in [7, 11) is 1.70. The number of hydrogen-bond donors (Lipinski definition) is 1. The minimum atomic E-state index is 0.186. The summed E-state index contributed by atoms with van der Waals surface area (Å²) in [6.45, 7) is 3.70. The van der Waals surface area contributed by atoms with Crippen LogP contribution in [0.2, 0.25) is 0 Å². The first-order valence-corrected chi connectivity index (χ1v) is 7.83. The topological polar surface area (TPSA) is 60.2 Å². The number of aromatic nitrogens is 2. The van der Waals surface area contributed by atoms with Crippen molar-refractivity contribution < 1.29 is 9.26 Å². The van der Waals surface area contributed by atoms with Crippen LogP contribution in [-0.2, 0) is 11.2 Å². The Bertz CT molecular complexity index is 559. The van der Waals surface area contributed by atoms with Crippen LogP contribution in [0.25, 0.3) is 11.4 Å². The fourth-order valence-electron chi connectivity index (χ4n) is 2.03. The number of ether oxygens (including phenoxy) is 1. The van der Waals surface area contributed by atoms with Gasteiger partial charge in [0.25, 0.3) is 0 Å². The van der Waals surface area contributed by atoms with Crippen molar-refractivity contribution in [3.05, 3.63) is 34.6 Å². The van der Waals surface area contributed by atoms with E-state index in [-0.39, 0.29) is 6.04 Å². The summed E-state index contributed by atoms with van der Waals surface area (Å²) in [5.41, 5.74) is 0.934. The second-order valence-corrected chi connectivity index (χ2v) is 5.75. The molecule has 5 nitrogen and oxygen atoms in total. The van der Waals surface area contributed by atoms with E-state index in [1.807, 2.05) is 24.3 Å². The number of nitrogens with zero attached hydrogens (tertiary/aromatic N) is 2. The van der Waals surface area contributed by atoms with Crippen LogP contribution in [0.1, 0.15) is 19.2 Å². The first-order valence-electron chi connectivity index (χ1n) is 7.03. The summed E-state index contributed by atoms with van der Waals surface area (Å²) in [4.78, 5) is 4.46. The van der Waals surface area contributed by atoms with E-state index in [2.05, 4.69) is 38.3 Å². The monoisotopic (exact) mass is 353 g/mol. The summed E-state index contributed by atoms with van der Waals surface area (Å²) in [5.74, 6) is 1.23. The average Bonchev–Trinajstić information content (AvgIpc) is 2.93. The van der Waals surface area contributed by atoms with Gasteiger partial charge in [-0.2, -0.15) is 4.98 Å². The van der Waals surface area contributed by atoms with E-state index in [4.69, 9.17) is 9.26 Å². The highest BCUT2D eigenvalue weighted by molar-refractivity contribution is 9.10. The lowest BCUT2D eigenvalue weighted by Gasteiger charge is -2.15. The summed E-state index contributed by atoms with van der Waals surface area (Å²) in [6, 6.07) is 8.03. The fourth-order valence-corrected chi connectivity index (χ4v) is 2.43. The molecule has 2 rings (SSSR count). The molecule has 0 saturated carbocycles. The third-order valence-electron chi connectivity index (χ3n) is 3.02. The molecule has 2 aromatic rings. The molecule has 1 N–H and O–H groups in total. The number of rotatable bonds is 8. The molecule has 0 spiro atoms. The van der Waals surface area contributed by atoms with Crippen molar-refractivity contribution in [3.63, 3.8) is 0 Å². The molecule has 0 bridgehead atoms. The lowest BCUT2D eigenvalue weighted by Crippen LogP contribution is -2.35. The van der Waals surface area contributed by atoms with E-state index in [0.717, 1.165) is 23.0 Å². The largest absolute Gasteiger partial charge is 0.383 e. The van der Waals surface area contributed by atoms with Crippen molar-refractivity contribution in [2.24, 2.45) is 0 Å². The molecule has 0 radical (unpaired) electrons.